The molecular formula is C11H5F6N2. The predicted molar refractivity (Wildman–Crippen MR) is 52.4 cm³/mol. The van der Waals surface area contributed by atoms with Gasteiger partial charge in [0.1, 0.15) is 6.20 Å². The van der Waals surface area contributed by atoms with Crippen molar-refractivity contribution in [2.45, 2.75) is 12.4 Å². The number of aromatic nitrogens is 2. The Morgan fingerprint density at radius 2 is 1.47 bits per heavy atom. The van der Waals surface area contributed by atoms with Crippen LogP contribution in [0, 0.1) is 6.20 Å². The lowest BCUT2D eigenvalue weighted by Crippen LogP contribution is -2.18. The van der Waals surface area contributed by atoms with Gasteiger partial charge in [-0.1, -0.05) is 6.07 Å². The van der Waals surface area contributed by atoms with Crippen molar-refractivity contribution in [3.05, 3.63) is 47.8 Å². The van der Waals surface area contributed by atoms with Gasteiger partial charge in [0.2, 0.25) is 0 Å². The lowest BCUT2D eigenvalue weighted by molar-refractivity contribution is -0.143. The van der Waals surface area contributed by atoms with Crippen molar-refractivity contribution in [2.24, 2.45) is 0 Å². The van der Waals surface area contributed by atoms with Crippen molar-refractivity contribution in [3.8, 4) is 5.69 Å². The zero-order chi connectivity index (χ0) is 14.3. The highest BCUT2D eigenvalue weighted by atomic mass is 19.4. The summed E-state index contributed by atoms with van der Waals surface area (Å²) in [6.07, 6.45) is -6.69. The van der Waals surface area contributed by atoms with Gasteiger partial charge in [0.05, 0.1) is 16.8 Å². The number of para-hydroxylation sites is 1. The Bertz CT molecular complexity index is 536. The molecule has 0 atom stereocenters. The van der Waals surface area contributed by atoms with Gasteiger partial charge in [-0.3, -0.25) is 0 Å². The van der Waals surface area contributed by atoms with Gasteiger partial charge >= 0.3 is 12.4 Å². The van der Waals surface area contributed by atoms with E-state index < -0.39 is 29.2 Å². The Hall–Kier alpha value is -1.99. The Balaban J connectivity index is 2.78. The van der Waals surface area contributed by atoms with Crippen LogP contribution >= 0.6 is 0 Å². The number of hydrogen-bond acceptors (Lipinski definition) is 1. The van der Waals surface area contributed by atoms with Crippen molar-refractivity contribution in [2.75, 3.05) is 0 Å². The van der Waals surface area contributed by atoms with E-state index in [0.29, 0.717) is 22.9 Å². The van der Waals surface area contributed by atoms with Crippen LogP contribution in [0.3, 0.4) is 0 Å². The first-order valence-corrected chi connectivity index (χ1v) is 4.91. The smallest absolute Gasteiger partial charge is 0.239 e. The number of halogens is 6. The average molecular weight is 279 g/mol. The fraction of sp³-hybridized carbons (Fsp3) is 0.182. The molecule has 8 heteroatoms. The minimum atomic E-state index is -4.91. The SMILES string of the molecule is FC(F)(F)c1cccc(C(F)(F)F)c1-n1cc[c]n1. The molecule has 19 heavy (non-hydrogen) atoms. The van der Waals surface area contributed by atoms with Crippen LogP contribution < -0.4 is 0 Å². The zero-order valence-electron chi connectivity index (χ0n) is 9.05. The van der Waals surface area contributed by atoms with Crippen LogP contribution in [0.4, 0.5) is 26.3 Å². The van der Waals surface area contributed by atoms with E-state index in [1.165, 1.54) is 0 Å². The van der Waals surface area contributed by atoms with E-state index in [0.717, 1.165) is 12.3 Å². The van der Waals surface area contributed by atoms with E-state index in [4.69, 9.17) is 0 Å². The van der Waals surface area contributed by atoms with Crippen molar-refractivity contribution in [1.82, 2.24) is 9.78 Å². The summed E-state index contributed by atoms with van der Waals surface area (Å²) in [4.78, 5) is 0. The van der Waals surface area contributed by atoms with E-state index >= 15 is 0 Å². The molecule has 0 saturated heterocycles. The van der Waals surface area contributed by atoms with Gasteiger partial charge in [0.25, 0.3) is 0 Å². The molecule has 1 aromatic carbocycles. The minimum Gasteiger partial charge on any atom is -0.239 e. The van der Waals surface area contributed by atoms with Crippen LogP contribution in [0.1, 0.15) is 11.1 Å². The molecule has 0 aliphatic heterocycles. The summed E-state index contributed by atoms with van der Waals surface area (Å²) in [7, 11) is 0. The second-order valence-corrected chi connectivity index (χ2v) is 3.59. The van der Waals surface area contributed by atoms with Gasteiger partial charge in [-0.25, -0.2) is 4.68 Å². The molecule has 0 unspecified atom stereocenters. The van der Waals surface area contributed by atoms with Crippen molar-refractivity contribution < 1.29 is 26.3 Å². The molecule has 0 aliphatic rings. The molecule has 2 nitrogen and oxygen atoms in total. The summed E-state index contributed by atoms with van der Waals surface area (Å²) in [6.45, 7) is 0. The molecule has 1 radical (unpaired) electrons. The molecule has 0 aliphatic carbocycles. The molecule has 1 aromatic heterocycles. The highest BCUT2D eigenvalue weighted by Gasteiger charge is 2.41. The van der Waals surface area contributed by atoms with Crippen LogP contribution in [0.5, 0.6) is 0 Å². The fourth-order valence-corrected chi connectivity index (χ4v) is 1.61. The standard InChI is InChI=1S/C11H5F6N2/c12-10(13,14)7-3-1-4-8(11(15,16)17)9(7)19-6-2-5-18-19/h1-4,6H. The Kier molecular flexibility index (Phi) is 3.03. The van der Waals surface area contributed by atoms with E-state index in [2.05, 4.69) is 11.3 Å². The van der Waals surface area contributed by atoms with Crippen LogP contribution in [-0.2, 0) is 12.4 Å². The van der Waals surface area contributed by atoms with Gasteiger partial charge in [-0.15, -0.1) is 0 Å². The summed E-state index contributed by atoms with van der Waals surface area (Å²) in [6, 6.07) is 2.98. The topological polar surface area (TPSA) is 17.8 Å². The van der Waals surface area contributed by atoms with Crippen molar-refractivity contribution in [1.29, 1.82) is 0 Å². The second kappa shape index (κ2) is 4.29. The maximum atomic E-state index is 12.8. The van der Waals surface area contributed by atoms with E-state index in [-0.39, 0.29) is 0 Å². The molecule has 2 aromatic rings. The van der Waals surface area contributed by atoms with E-state index in [1.54, 1.807) is 0 Å². The minimum absolute atomic E-state index is 0.506. The van der Waals surface area contributed by atoms with E-state index in [1.807, 2.05) is 0 Å². The van der Waals surface area contributed by atoms with Crippen LogP contribution in [0.25, 0.3) is 5.69 Å². The predicted octanol–water partition coefficient (Wildman–Crippen LogP) is 3.71. The molecule has 0 bridgehead atoms. The van der Waals surface area contributed by atoms with Gasteiger partial charge in [-0.05, 0) is 18.2 Å². The third-order valence-corrected chi connectivity index (χ3v) is 2.33. The molecule has 0 spiro atoms. The van der Waals surface area contributed by atoms with Gasteiger partial charge in [0, 0.05) is 6.20 Å². The van der Waals surface area contributed by atoms with Crippen LogP contribution in [0.2, 0.25) is 0 Å². The summed E-state index contributed by atoms with van der Waals surface area (Å²) >= 11 is 0. The monoisotopic (exact) mass is 279 g/mol. The lowest BCUT2D eigenvalue weighted by Gasteiger charge is -2.18. The Morgan fingerprint density at radius 1 is 0.947 bits per heavy atom. The quantitative estimate of drug-likeness (QED) is 0.728. The summed E-state index contributed by atoms with van der Waals surface area (Å²) in [5.74, 6) is 0. The first kappa shape index (κ1) is 13.4. The number of hydrogen-bond donors (Lipinski definition) is 0. The first-order chi connectivity index (χ1) is 8.71. The molecule has 0 saturated carbocycles. The van der Waals surface area contributed by atoms with Crippen molar-refractivity contribution >= 4 is 0 Å². The normalized spacial score (nSPS) is 12.7. The molecule has 0 amide bonds. The molecule has 0 fully saturated rings. The van der Waals surface area contributed by atoms with Gasteiger partial charge in [0.15, 0.2) is 0 Å². The van der Waals surface area contributed by atoms with E-state index in [9.17, 15) is 26.3 Å². The Morgan fingerprint density at radius 3 is 1.84 bits per heavy atom. The highest BCUT2D eigenvalue weighted by molar-refractivity contribution is 5.50. The number of benzene rings is 1. The Labute approximate surface area is 103 Å². The maximum absolute atomic E-state index is 12.8. The summed E-state index contributed by atoms with van der Waals surface area (Å²) in [5, 5.41) is 3.33. The van der Waals surface area contributed by atoms with Crippen LogP contribution in [-0.4, -0.2) is 9.78 Å². The molecule has 0 N–H and O–H groups in total. The first-order valence-electron chi connectivity index (χ1n) is 4.91. The molecule has 1 heterocycles. The summed E-state index contributed by atoms with van der Waals surface area (Å²) < 4.78 is 77.2. The average Bonchev–Trinajstić information content (AvgIpc) is 2.78. The third-order valence-electron chi connectivity index (χ3n) is 2.33. The highest BCUT2D eigenvalue weighted by Crippen LogP contribution is 2.40. The maximum Gasteiger partial charge on any atom is 0.418 e. The fourth-order valence-electron chi connectivity index (χ4n) is 1.61. The lowest BCUT2D eigenvalue weighted by atomic mass is 10.1. The number of rotatable bonds is 1. The molecule has 101 valence electrons. The number of alkyl halides is 6. The van der Waals surface area contributed by atoms with Crippen LogP contribution in [0.15, 0.2) is 30.5 Å². The molecular weight excluding hydrogens is 274 g/mol. The van der Waals surface area contributed by atoms with Gasteiger partial charge < -0.3 is 0 Å². The third kappa shape index (κ3) is 2.56. The zero-order valence-corrected chi connectivity index (χ0v) is 9.05. The van der Waals surface area contributed by atoms with Gasteiger partial charge in [-0.2, -0.15) is 31.4 Å². The summed E-state index contributed by atoms with van der Waals surface area (Å²) in [5.41, 5.74) is -3.86. The second-order valence-electron chi connectivity index (χ2n) is 3.59. The largest absolute Gasteiger partial charge is 0.418 e. The molecule has 2 rings (SSSR count). The number of nitrogens with zero attached hydrogens (tertiary/aromatic N) is 2. The van der Waals surface area contributed by atoms with Crippen molar-refractivity contribution in [3.63, 3.8) is 0 Å².